The standard InChI is InChI=1S/C16H19ClN4O/c1-3-4-8-18-15-10-14(19-11(2)20-15)16(22)21-13-7-5-6-12(17)9-13/h5-7,9-10H,3-4,8H2,1-2H3,(H,21,22)(H,18,19,20). The zero-order valence-electron chi connectivity index (χ0n) is 12.7. The number of carbonyl (C=O) groups excluding carboxylic acids is 1. The van der Waals surface area contributed by atoms with E-state index in [-0.39, 0.29) is 5.91 Å². The third kappa shape index (κ3) is 4.70. The van der Waals surface area contributed by atoms with Crippen LogP contribution in [0.1, 0.15) is 36.1 Å². The lowest BCUT2D eigenvalue weighted by atomic mass is 10.3. The smallest absolute Gasteiger partial charge is 0.274 e. The molecule has 2 N–H and O–H groups in total. The molecule has 0 bridgehead atoms. The number of unbranched alkanes of at least 4 members (excludes halogenated alkanes) is 1. The minimum Gasteiger partial charge on any atom is -0.370 e. The molecule has 1 amide bonds. The molecule has 0 saturated heterocycles. The van der Waals surface area contributed by atoms with Crippen molar-refractivity contribution < 1.29 is 4.79 Å². The van der Waals surface area contributed by atoms with E-state index in [1.54, 1.807) is 37.3 Å². The van der Waals surface area contributed by atoms with Crippen molar-refractivity contribution in [2.24, 2.45) is 0 Å². The van der Waals surface area contributed by atoms with Crippen molar-refractivity contribution in [2.75, 3.05) is 17.2 Å². The Hall–Kier alpha value is -2.14. The number of carbonyl (C=O) groups is 1. The maximum atomic E-state index is 12.3. The van der Waals surface area contributed by atoms with Crippen LogP contribution in [-0.4, -0.2) is 22.4 Å². The third-order valence-corrected chi connectivity index (χ3v) is 3.22. The Balaban J connectivity index is 2.11. The molecule has 6 heteroatoms. The monoisotopic (exact) mass is 318 g/mol. The van der Waals surface area contributed by atoms with E-state index in [1.165, 1.54) is 0 Å². The summed E-state index contributed by atoms with van der Waals surface area (Å²) in [5.41, 5.74) is 0.959. The molecule has 2 aromatic rings. The largest absolute Gasteiger partial charge is 0.370 e. The van der Waals surface area contributed by atoms with E-state index in [4.69, 9.17) is 11.6 Å². The average Bonchev–Trinajstić information content (AvgIpc) is 2.47. The molecule has 2 rings (SSSR count). The minimum atomic E-state index is -0.286. The maximum absolute atomic E-state index is 12.3. The molecule has 0 radical (unpaired) electrons. The van der Waals surface area contributed by atoms with Gasteiger partial charge in [0.2, 0.25) is 0 Å². The van der Waals surface area contributed by atoms with Crippen molar-refractivity contribution in [3.8, 4) is 0 Å². The summed E-state index contributed by atoms with van der Waals surface area (Å²) in [5.74, 6) is 0.932. The number of hydrogen-bond donors (Lipinski definition) is 2. The number of halogens is 1. The van der Waals surface area contributed by atoms with Crippen LogP contribution in [0.2, 0.25) is 5.02 Å². The van der Waals surface area contributed by atoms with E-state index >= 15 is 0 Å². The van der Waals surface area contributed by atoms with E-state index in [0.717, 1.165) is 19.4 Å². The van der Waals surface area contributed by atoms with Crippen molar-refractivity contribution in [2.45, 2.75) is 26.7 Å². The Morgan fingerprint density at radius 3 is 2.82 bits per heavy atom. The lowest BCUT2D eigenvalue weighted by Gasteiger charge is -2.09. The number of nitrogens with one attached hydrogen (secondary N) is 2. The Morgan fingerprint density at radius 2 is 2.09 bits per heavy atom. The van der Waals surface area contributed by atoms with Crippen molar-refractivity contribution in [3.05, 3.63) is 46.9 Å². The fourth-order valence-electron chi connectivity index (χ4n) is 1.93. The second kappa shape index (κ2) is 7.75. The maximum Gasteiger partial charge on any atom is 0.274 e. The molecule has 0 aliphatic heterocycles. The molecular weight excluding hydrogens is 300 g/mol. The van der Waals surface area contributed by atoms with Gasteiger partial charge in [-0.15, -0.1) is 0 Å². The number of rotatable bonds is 6. The van der Waals surface area contributed by atoms with Gasteiger partial charge >= 0.3 is 0 Å². The first-order valence-corrected chi connectivity index (χ1v) is 7.62. The second-order valence-corrected chi connectivity index (χ2v) is 5.37. The Bertz CT molecular complexity index is 660. The Labute approximate surface area is 135 Å². The number of amides is 1. The van der Waals surface area contributed by atoms with Crippen molar-refractivity contribution in [1.29, 1.82) is 0 Å². The number of aromatic nitrogens is 2. The van der Waals surface area contributed by atoms with E-state index in [9.17, 15) is 4.79 Å². The van der Waals surface area contributed by atoms with Crippen LogP contribution in [0.5, 0.6) is 0 Å². The van der Waals surface area contributed by atoms with Crippen LogP contribution in [0.15, 0.2) is 30.3 Å². The molecule has 0 aliphatic carbocycles. The van der Waals surface area contributed by atoms with Gasteiger partial charge in [0.15, 0.2) is 0 Å². The highest BCUT2D eigenvalue weighted by Gasteiger charge is 2.11. The fraction of sp³-hybridized carbons (Fsp3) is 0.312. The Morgan fingerprint density at radius 1 is 1.27 bits per heavy atom. The highest BCUT2D eigenvalue weighted by molar-refractivity contribution is 6.30. The van der Waals surface area contributed by atoms with Gasteiger partial charge in [-0.05, 0) is 31.5 Å². The quantitative estimate of drug-likeness (QED) is 0.793. The summed E-state index contributed by atoms with van der Waals surface area (Å²) < 4.78 is 0. The summed E-state index contributed by atoms with van der Waals surface area (Å²) in [5, 5.41) is 6.55. The van der Waals surface area contributed by atoms with Gasteiger partial charge in [0.1, 0.15) is 17.3 Å². The Kier molecular flexibility index (Phi) is 5.72. The van der Waals surface area contributed by atoms with Gasteiger partial charge in [-0.2, -0.15) is 0 Å². The van der Waals surface area contributed by atoms with Gasteiger partial charge in [0.25, 0.3) is 5.91 Å². The van der Waals surface area contributed by atoms with E-state index in [1.807, 2.05) is 0 Å². The van der Waals surface area contributed by atoms with Crippen LogP contribution >= 0.6 is 11.6 Å². The average molecular weight is 319 g/mol. The van der Waals surface area contributed by atoms with Crippen LogP contribution in [0.4, 0.5) is 11.5 Å². The highest BCUT2D eigenvalue weighted by atomic mass is 35.5. The molecule has 0 unspecified atom stereocenters. The summed E-state index contributed by atoms with van der Waals surface area (Å²) in [6.07, 6.45) is 2.15. The van der Waals surface area contributed by atoms with Crippen LogP contribution in [-0.2, 0) is 0 Å². The van der Waals surface area contributed by atoms with Crippen LogP contribution in [0.3, 0.4) is 0 Å². The fourth-order valence-corrected chi connectivity index (χ4v) is 2.12. The lowest BCUT2D eigenvalue weighted by molar-refractivity contribution is 0.102. The number of hydrogen-bond acceptors (Lipinski definition) is 4. The predicted octanol–water partition coefficient (Wildman–Crippen LogP) is 3.90. The molecule has 0 atom stereocenters. The molecule has 0 saturated carbocycles. The topological polar surface area (TPSA) is 66.9 Å². The highest BCUT2D eigenvalue weighted by Crippen LogP contribution is 2.16. The summed E-state index contributed by atoms with van der Waals surface area (Å²) in [6, 6.07) is 8.65. The van der Waals surface area contributed by atoms with Gasteiger partial charge in [0.05, 0.1) is 0 Å². The molecule has 0 aliphatic rings. The van der Waals surface area contributed by atoms with Crippen LogP contribution in [0.25, 0.3) is 0 Å². The first-order valence-electron chi connectivity index (χ1n) is 7.25. The first kappa shape index (κ1) is 16.2. The van der Waals surface area contributed by atoms with Gasteiger partial charge in [-0.3, -0.25) is 4.79 Å². The number of nitrogens with zero attached hydrogens (tertiary/aromatic N) is 2. The molecule has 0 fully saturated rings. The summed E-state index contributed by atoms with van der Waals surface area (Å²) in [7, 11) is 0. The zero-order chi connectivity index (χ0) is 15.9. The van der Waals surface area contributed by atoms with Crippen LogP contribution < -0.4 is 10.6 Å². The lowest BCUT2D eigenvalue weighted by Crippen LogP contribution is -2.16. The first-order chi connectivity index (χ1) is 10.6. The number of anilines is 2. The molecule has 1 aromatic carbocycles. The molecular formula is C16H19ClN4O. The van der Waals surface area contributed by atoms with Gasteiger partial charge in [0, 0.05) is 23.3 Å². The molecule has 5 nitrogen and oxygen atoms in total. The molecule has 1 aromatic heterocycles. The van der Waals surface area contributed by atoms with Crippen molar-refractivity contribution >= 4 is 29.0 Å². The second-order valence-electron chi connectivity index (χ2n) is 4.93. The predicted molar refractivity (Wildman–Crippen MR) is 89.6 cm³/mol. The van der Waals surface area contributed by atoms with E-state index < -0.39 is 0 Å². The number of benzene rings is 1. The zero-order valence-corrected chi connectivity index (χ0v) is 13.4. The van der Waals surface area contributed by atoms with Crippen LogP contribution in [0, 0.1) is 6.92 Å². The molecule has 0 spiro atoms. The van der Waals surface area contributed by atoms with Crippen molar-refractivity contribution in [1.82, 2.24) is 9.97 Å². The minimum absolute atomic E-state index is 0.286. The number of aryl methyl sites for hydroxylation is 1. The molecule has 1 heterocycles. The summed E-state index contributed by atoms with van der Waals surface area (Å²) in [6.45, 7) is 4.71. The van der Waals surface area contributed by atoms with Gasteiger partial charge in [-0.1, -0.05) is 31.0 Å². The normalized spacial score (nSPS) is 10.3. The van der Waals surface area contributed by atoms with Crippen molar-refractivity contribution in [3.63, 3.8) is 0 Å². The summed E-state index contributed by atoms with van der Waals surface area (Å²) >= 11 is 5.91. The van der Waals surface area contributed by atoms with E-state index in [2.05, 4.69) is 27.5 Å². The van der Waals surface area contributed by atoms with E-state index in [0.29, 0.717) is 28.0 Å². The van der Waals surface area contributed by atoms with Gasteiger partial charge < -0.3 is 10.6 Å². The third-order valence-electron chi connectivity index (χ3n) is 2.99. The summed E-state index contributed by atoms with van der Waals surface area (Å²) in [4.78, 5) is 20.8. The van der Waals surface area contributed by atoms with Gasteiger partial charge in [-0.25, -0.2) is 9.97 Å². The SMILES string of the molecule is CCCCNc1cc(C(=O)Nc2cccc(Cl)c2)nc(C)n1. The molecule has 22 heavy (non-hydrogen) atoms. The molecule has 116 valence electrons.